The van der Waals surface area contributed by atoms with Gasteiger partial charge in [0.1, 0.15) is 0 Å². The number of amides is 1. The van der Waals surface area contributed by atoms with E-state index in [4.69, 9.17) is 5.73 Å². The first kappa shape index (κ1) is 17.0. The summed E-state index contributed by atoms with van der Waals surface area (Å²) in [6.07, 6.45) is 1.20. The highest BCUT2D eigenvalue weighted by Gasteiger charge is 2.14. The molecule has 0 saturated heterocycles. The van der Waals surface area contributed by atoms with Gasteiger partial charge in [-0.15, -0.1) is 0 Å². The Balaban J connectivity index is 1.96. The molecule has 1 amide bonds. The zero-order chi connectivity index (χ0) is 16.7. The van der Waals surface area contributed by atoms with Gasteiger partial charge in [-0.2, -0.15) is 0 Å². The van der Waals surface area contributed by atoms with Gasteiger partial charge in [0.15, 0.2) is 0 Å². The first-order valence-electron chi connectivity index (χ1n) is 7.85. The van der Waals surface area contributed by atoms with Gasteiger partial charge in [-0.25, -0.2) is 0 Å². The second-order valence-electron chi connectivity index (χ2n) is 6.13. The Morgan fingerprint density at radius 3 is 2.30 bits per heavy atom. The van der Waals surface area contributed by atoms with Crippen molar-refractivity contribution in [3.8, 4) is 0 Å². The predicted molar refractivity (Wildman–Crippen MR) is 95.2 cm³/mol. The van der Waals surface area contributed by atoms with Crippen LogP contribution in [-0.4, -0.2) is 37.5 Å². The third-order valence-electron chi connectivity index (χ3n) is 3.62. The van der Waals surface area contributed by atoms with E-state index in [9.17, 15) is 4.79 Å². The molecular formula is C19H25N3O. The Labute approximate surface area is 138 Å². The molecule has 0 radical (unpaired) electrons. The molecule has 0 heterocycles. The van der Waals surface area contributed by atoms with Crippen molar-refractivity contribution in [2.24, 2.45) is 0 Å². The number of rotatable bonds is 7. The molecule has 4 heteroatoms. The van der Waals surface area contributed by atoms with Gasteiger partial charge in [0.25, 0.3) is 0 Å². The van der Waals surface area contributed by atoms with Crippen LogP contribution < -0.4 is 11.1 Å². The first-order chi connectivity index (χ1) is 11.0. The van der Waals surface area contributed by atoms with Gasteiger partial charge >= 0.3 is 0 Å². The second-order valence-corrected chi connectivity index (χ2v) is 6.13. The minimum absolute atomic E-state index is 0.0394. The third kappa shape index (κ3) is 6.12. The van der Waals surface area contributed by atoms with Gasteiger partial charge in [-0.05, 0) is 43.8 Å². The normalized spacial score (nSPS) is 12.1. The molecular weight excluding hydrogens is 286 g/mol. The number of benzene rings is 2. The maximum Gasteiger partial charge on any atom is 0.224 e. The minimum Gasteiger partial charge on any atom is -0.399 e. The molecule has 0 spiro atoms. The molecule has 2 aromatic carbocycles. The van der Waals surface area contributed by atoms with Crippen LogP contribution in [0, 0.1) is 0 Å². The Morgan fingerprint density at radius 1 is 1.04 bits per heavy atom. The number of likely N-dealkylation sites (N-methyl/N-ethyl adjacent to an activating group) is 1. The molecule has 4 nitrogen and oxygen atoms in total. The Hall–Kier alpha value is -2.33. The summed E-state index contributed by atoms with van der Waals surface area (Å²) < 4.78 is 0. The largest absolute Gasteiger partial charge is 0.399 e. The van der Waals surface area contributed by atoms with Crippen LogP contribution >= 0.6 is 0 Å². The number of hydrogen-bond donors (Lipinski definition) is 2. The molecule has 0 fully saturated rings. The van der Waals surface area contributed by atoms with E-state index in [1.807, 2.05) is 56.6 Å². The van der Waals surface area contributed by atoms with Gasteiger partial charge in [0.2, 0.25) is 5.91 Å². The zero-order valence-corrected chi connectivity index (χ0v) is 13.8. The van der Waals surface area contributed by atoms with Crippen molar-refractivity contribution in [2.45, 2.75) is 18.9 Å². The molecule has 1 unspecified atom stereocenters. The SMILES string of the molecule is CN(C)CC(Cc1ccccc1)NC(=O)Cc1ccc(N)cc1. The third-order valence-corrected chi connectivity index (χ3v) is 3.62. The lowest BCUT2D eigenvalue weighted by Crippen LogP contribution is -2.43. The van der Waals surface area contributed by atoms with Crippen LogP contribution in [0.3, 0.4) is 0 Å². The summed E-state index contributed by atoms with van der Waals surface area (Å²) in [6.45, 7) is 0.808. The number of nitrogens with one attached hydrogen (secondary N) is 1. The van der Waals surface area contributed by atoms with Crippen LogP contribution in [0.2, 0.25) is 0 Å². The molecule has 3 N–H and O–H groups in total. The highest BCUT2D eigenvalue weighted by atomic mass is 16.1. The fourth-order valence-corrected chi connectivity index (χ4v) is 2.60. The van der Waals surface area contributed by atoms with E-state index in [0.29, 0.717) is 12.1 Å². The number of nitrogens with zero attached hydrogens (tertiary/aromatic N) is 1. The average molecular weight is 311 g/mol. The summed E-state index contributed by atoms with van der Waals surface area (Å²) in [7, 11) is 4.04. The van der Waals surface area contributed by atoms with Crippen molar-refractivity contribution in [3.05, 3.63) is 65.7 Å². The highest BCUT2D eigenvalue weighted by molar-refractivity contribution is 5.79. The molecule has 0 aromatic heterocycles. The summed E-state index contributed by atoms with van der Waals surface area (Å²) in [5.74, 6) is 0.0394. The molecule has 0 bridgehead atoms. The minimum atomic E-state index is 0.0394. The van der Waals surface area contributed by atoms with Gasteiger partial charge in [-0.1, -0.05) is 42.5 Å². The molecule has 0 aliphatic heterocycles. The molecule has 0 aliphatic carbocycles. The molecule has 23 heavy (non-hydrogen) atoms. The van der Waals surface area contributed by atoms with E-state index in [2.05, 4.69) is 22.3 Å². The number of hydrogen-bond acceptors (Lipinski definition) is 3. The molecule has 0 aliphatic rings. The Bertz CT molecular complexity index is 608. The van der Waals surface area contributed by atoms with Crippen LogP contribution in [0.15, 0.2) is 54.6 Å². The Morgan fingerprint density at radius 2 is 1.70 bits per heavy atom. The van der Waals surface area contributed by atoms with Crippen molar-refractivity contribution in [1.29, 1.82) is 0 Å². The van der Waals surface area contributed by atoms with Crippen molar-refractivity contribution in [3.63, 3.8) is 0 Å². The second kappa shape index (κ2) is 8.34. The average Bonchev–Trinajstić information content (AvgIpc) is 2.50. The van der Waals surface area contributed by atoms with Crippen LogP contribution in [-0.2, 0) is 17.6 Å². The number of nitrogens with two attached hydrogens (primary N) is 1. The molecule has 2 rings (SSSR count). The maximum absolute atomic E-state index is 12.3. The molecule has 122 valence electrons. The summed E-state index contributed by atoms with van der Waals surface area (Å²) >= 11 is 0. The van der Waals surface area contributed by atoms with E-state index >= 15 is 0 Å². The molecule has 0 saturated carbocycles. The number of carbonyl (C=O) groups is 1. The molecule has 2 aromatic rings. The van der Waals surface area contributed by atoms with Crippen LogP contribution in [0.5, 0.6) is 0 Å². The monoisotopic (exact) mass is 311 g/mol. The fourth-order valence-electron chi connectivity index (χ4n) is 2.60. The van der Waals surface area contributed by atoms with E-state index in [1.165, 1.54) is 5.56 Å². The quantitative estimate of drug-likeness (QED) is 0.770. The van der Waals surface area contributed by atoms with Crippen LogP contribution in [0.1, 0.15) is 11.1 Å². The van der Waals surface area contributed by atoms with Gasteiger partial charge in [0, 0.05) is 18.3 Å². The van der Waals surface area contributed by atoms with Gasteiger partial charge < -0.3 is 16.0 Å². The van der Waals surface area contributed by atoms with Crippen molar-refractivity contribution < 1.29 is 4.79 Å². The standard InChI is InChI=1S/C19H25N3O/c1-22(2)14-18(12-15-6-4-3-5-7-15)21-19(23)13-16-8-10-17(20)11-9-16/h3-11,18H,12-14,20H2,1-2H3,(H,21,23). The van der Waals surface area contributed by atoms with Crippen molar-refractivity contribution >= 4 is 11.6 Å². The lowest BCUT2D eigenvalue weighted by molar-refractivity contribution is -0.121. The van der Waals surface area contributed by atoms with E-state index in [-0.39, 0.29) is 11.9 Å². The van der Waals surface area contributed by atoms with Gasteiger partial charge in [0.05, 0.1) is 6.42 Å². The predicted octanol–water partition coefficient (Wildman–Crippen LogP) is 2.10. The Kier molecular flexibility index (Phi) is 6.18. The van der Waals surface area contributed by atoms with E-state index in [0.717, 1.165) is 18.5 Å². The van der Waals surface area contributed by atoms with Gasteiger partial charge in [-0.3, -0.25) is 4.79 Å². The van der Waals surface area contributed by atoms with Crippen molar-refractivity contribution in [2.75, 3.05) is 26.4 Å². The summed E-state index contributed by atoms with van der Waals surface area (Å²) in [5, 5.41) is 3.15. The first-order valence-corrected chi connectivity index (χ1v) is 7.85. The van der Waals surface area contributed by atoms with Crippen LogP contribution in [0.4, 0.5) is 5.69 Å². The molecule has 1 atom stereocenters. The van der Waals surface area contributed by atoms with Crippen molar-refractivity contribution in [1.82, 2.24) is 10.2 Å². The lowest BCUT2D eigenvalue weighted by Gasteiger charge is -2.22. The smallest absolute Gasteiger partial charge is 0.224 e. The topological polar surface area (TPSA) is 58.4 Å². The zero-order valence-electron chi connectivity index (χ0n) is 13.8. The van der Waals surface area contributed by atoms with E-state index in [1.54, 1.807) is 0 Å². The summed E-state index contributed by atoms with van der Waals surface area (Å²) in [6, 6.07) is 17.8. The fraction of sp³-hybridized carbons (Fsp3) is 0.316. The maximum atomic E-state index is 12.3. The lowest BCUT2D eigenvalue weighted by atomic mass is 10.0. The number of carbonyl (C=O) groups excluding carboxylic acids is 1. The van der Waals surface area contributed by atoms with Crippen LogP contribution in [0.25, 0.3) is 0 Å². The summed E-state index contributed by atoms with van der Waals surface area (Å²) in [4.78, 5) is 14.4. The number of nitrogen functional groups attached to an aromatic ring is 1. The van der Waals surface area contributed by atoms with E-state index < -0.39 is 0 Å². The highest BCUT2D eigenvalue weighted by Crippen LogP contribution is 2.07. The number of anilines is 1. The summed E-state index contributed by atoms with van der Waals surface area (Å²) in [5.41, 5.74) is 8.59.